The molecule has 3 aromatic carbocycles. The standard InChI is InChI=1S/C67H99N21O8/c1-2-3-4-5-6-7-8-30-57(89)76-31-16-15-27-51(58(69)90)83-62(94)55(36-42-39-81-49-25-13-10-21-45(42)49)87-60(92)53(29-19-34-79-67(74)75)85-64(96)56(37-43-40-82-50-26-14-11-22-46(43)50)88-61(93)52(28-18-33-78-66(72)73)84-63(95)54(35-41-38-80-48-24-12-9-20-44(41)48)86-59(91)47(68)23-17-32-77-65(70)71/h9-14,20-22,24-26,38-40,47,51-56,80-82H,2-8,15-19,23,27-37,68H2,1H3,(H2,69,90)(H,76,89)(H,83,94)(H,84,95)(H,85,96)(H,86,91)(H,87,92)(H,88,93)(H4,70,71,77)(H4,72,73,78)(H4,74,75,79)/t47-,51+,52+,53-,54+,55-,56+/m1/s1. The molecule has 0 saturated heterocycles. The van der Waals surface area contributed by atoms with E-state index in [1.807, 2.05) is 72.8 Å². The molecule has 3 heterocycles. The highest BCUT2D eigenvalue weighted by atomic mass is 16.2. The van der Waals surface area contributed by atoms with E-state index >= 15 is 14.4 Å². The highest BCUT2D eigenvalue weighted by Crippen LogP contribution is 2.23. The lowest BCUT2D eigenvalue weighted by Crippen LogP contribution is -2.60. The van der Waals surface area contributed by atoms with Crippen molar-refractivity contribution in [3.05, 3.63) is 108 Å². The Balaban J connectivity index is 1.27. The number of hydrogen-bond donors (Lipinski definition) is 18. The topological polar surface area (TPSA) is 513 Å². The number of para-hydroxylation sites is 3. The molecular formula is C67H99N21O8. The van der Waals surface area contributed by atoms with E-state index in [0.717, 1.165) is 58.4 Å². The lowest BCUT2D eigenvalue weighted by molar-refractivity contribution is -0.135. The molecule has 0 saturated carbocycles. The number of primary amides is 1. The van der Waals surface area contributed by atoms with Gasteiger partial charge in [0.25, 0.3) is 0 Å². The largest absolute Gasteiger partial charge is 0.370 e. The average molecular weight is 1330 g/mol. The number of fused-ring (bicyclic) bond motifs is 3. The monoisotopic (exact) mass is 1330 g/mol. The summed E-state index contributed by atoms with van der Waals surface area (Å²) in [6.45, 7) is 2.83. The van der Waals surface area contributed by atoms with E-state index in [9.17, 15) is 24.0 Å². The quantitative estimate of drug-likeness (QED) is 0.0146. The van der Waals surface area contributed by atoms with Crippen molar-refractivity contribution < 1.29 is 38.4 Å². The fraction of sp³-hybridized carbons (Fsp3) is 0.478. The van der Waals surface area contributed by atoms with Crippen LogP contribution in [0.2, 0.25) is 0 Å². The maximum Gasteiger partial charge on any atom is 0.243 e. The van der Waals surface area contributed by atoms with Gasteiger partial charge in [-0.3, -0.25) is 53.3 Å². The summed E-state index contributed by atoms with van der Waals surface area (Å²) in [5, 5.41) is 22.2. The summed E-state index contributed by atoms with van der Waals surface area (Å²) < 4.78 is 0. The second kappa shape index (κ2) is 39.5. The number of unbranched alkanes of at least 4 members (excludes halogenated alkanes) is 7. The molecule has 6 rings (SSSR count). The van der Waals surface area contributed by atoms with E-state index in [1.54, 1.807) is 18.6 Å². The minimum atomic E-state index is -1.46. The lowest BCUT2D eigenvalue weighted by Gasteiger charge is -2.28. The zero-order chi connectivity index (χ0) is 69.4. The molecule has 0 spiro atoms. The zero-order valence-electron chi connectivity index (χ0n) is 54.9. The van der Waals surface area contributed by atoms with Crippen molar-refractivity contribution in [2.45, 2.75) is 178 Å². The highest BCUT2D eigenvalue weighted by Gasteiger charge is 2.35. The first-order chi connectivity index (χ1) is 46.2. The number of carbonyl (C=O) groups excluding carboxylic acids is 8. The van der Waals surface area contributed by atoms with Crippen LogP contribution in [0.5, 0.6) is 0 Å². The van der Waals surface area contributed by atoms with Gasteiger partial charge in [0.2, 0.25) is 47.3 Å². The van der Waals surface area contributed by atoms with Crippen molar-refractivity contribution in [2.24, 2.45) is 60.8 Å². The van der Waals surface area contributed by atoms with Gasteiger partial charge in [0.1, 0.15) is 36.3 Å². The predicted octanol–water partition coefficient (Wildman–Crippen LogP) is 1.47. The number of benzene rings is 3. The third kappa shape index (κ3) is 24.9. The van der Waals surface area contributed by atoms with Crippen LogP contribution in [-0.2, 0) is 57.6 Å². The summed E-state index contributed by atoms with van der Waals surface area (Å²) in [6, 6.07) is 12.9. The van der Waals surface area contributed by atoms with Crippen molar-refractivity contribution in [3.63, 3.8) is 0 Å². The number of H-pyrrole nitrogens is 3. The molecule has 96 heavy (non-hydrogen) atoms. The molecule has 0 bridgehead atoms. The van der Waals surface area contributed by atoms with E-state index < -0.39 is 83.6 Å². The lowest BCUT2D eigenvalue weighted by atomic mass is 10.0. The van der Waals surface area contributed by atoms with Crippen LogP contribution < -0.4 is 83.1 Å². The van der Waals surface area contributed by atoms with Gasteiger partial charge in [-0.2, -0.15) is 0 Å². The van der Waals surface area contributed by atoms with Gasteiger partial charge in [-0.25, -0.2) is 0 Å². The summed E-state index contributed by atoms with van der Waals surface area (Å²) in [4.78, 5) is 136. The van der Waals surface area contributed by atoms with Crippen LogP contribution in [0.25, 0.3) is 32.7 Å². The van der Waals surface area contributed by atoms with Crippen LogP contribution in [0.1, 0.15) is 133 Å². The number of rotatable bonds is 44. The first kappa shape index (κ1) is 74.8. The Hall–Kier alpha value is -10.2. The molecule has 0 aliphatic carbocycles. The average Bonchev–Trinajstić information content (AvgIpc) is 1.65. The first-order valence-electron chi connectivity index (χ1n) is 33.2. The fourth-order valence-corrected chi connectivity index (χ4v) is 11.3. The van der Waals surface area contributed by atoms with Crippen molar-refractivity contribution in [3.8, 4) is 0 Å². The Labute approximate surface area is 558 Å². The number of carbonyl (C=O) groups is 8. The highest BCUT2D eigenvalue weighted by molar-refractivity contribution is 5.99. The van der Waals surface area contributed by atoms with Crippen molar-refractivity contribution in [2.75, 3.05) is 26.2 Å². The Morgan fingerprint density at radius 3 is 1.15 bits per heavy atom. The SMILES string of the molecule is CCCCCCCCCC(=O)NCCCC[C@H](NC(=O)[C@@H](Cc1c[nH]c2ccccc12)NC(=O)[C@@H](CCCN=C(N)N)NC(=O)[C@H](Cc1c[nH]c2ccccc12)NC(=O)[C@H](CCCN=C(N)N)NC(=O)[C@H](Cc1c[nH]c2ccccc12)NC(=O)[C@H](N)CCCN=C(N)N)C(N)=O. The van der Waals surface area contributed by atoms with Gasteiger partial charge in [-0.15, -0.1) is 0 Å². The number of aliphatic imine (C=N–C) groups is 3. The maximum absolute atomic E-state index is 15.3. The molecule has 520 valence electrons. The van der Waals surface area contributed by atoms with E-state index in [0.29, 0.717) is 48.9 Å². The number of nitrogens with two attached hydrogens (primary N) is 8. The third-order valence-electron chi connectivity index (χ3n) is 16.6. The smallest absolute Gasteiger partial charge is 0.243 e. The fourth-order valence-electron chi connectivity index (χ4n) is 11.3. The summed E-state index contributed by atoms with van der Waals surface area (Å²) in [7, 11) is 0. The third-order valence-corrected chi connectivity index (χ3v) is 16.6. The van der Waals surface area contributed by atoms with Gasteiger partial charge in [0.05, 0.1) is 6.04 Å². The van der Waals surface area contributed by atoms with E-state index in [1.165, 1.54) is 19.3 Å². The molecule has 0 radical (unpaired) electrons. The predicted molar refractivity (Wildman–Crippen MR) is 374 cm³/mol. The molecule has 7 atom stereocenters. The molecule has 0 aliphatic heterocycles. The van der Waals surface area contributed by atoms with E-state index in [-0.39, 0.29) is 101 Å². The minimum Gasteiger partial charge on any atom is -0.370 e. The molecule has 0 aliphatic rings. The number of amides is 8. The number of hydrogen-bond acceptors (Lipinski definition) is 12. The molecule has 29 heteroatoms. The van der Waals surface area contributed by atoms with Gasteiger partial charge in [0, 0.05) is 103 Å². The van der Waals surface area contributed by atoms with Crippen LogP contribution in [0.3, 0.4) is 0 Å². The molecule has 29 nitrogen and oxygen atoms in total. The Bertz CT molecular complexity index is 3600. The Kier molecular flexibility index (Phi) is 30.8. The maximum atomic E-state index is 15.3. The molecule has 0 unspecified atom stereocenters. The van der Waals surface area contributed by atoms with Gasteiger partial charge >= 0.3 is 0 Å². The van der Waals surface area contributed by atoms with Crippen molar-refractivity contribution in [1.82, 2.24) is 52.2 Å². The Morgan fingerprint density at radius 2 is 0.740 bits per heavy atom. The zero-order valence-corrected chi connectivity index (χ0v) is 54.9. The van der Waals surface area contributed by atoms with Crippen LogP contribution in [0.4, 0.5) is 0 Å². The number of guanidine groups is 3. The van der Waals surface area contributed by atoms with Gasteiger partial charge in [0.15, 0.2) is 17.9 Å². The first-order valence-corrected chi connectivity index (χ1v) is 33.2. The van der Waals surface area contributed by atoms with E-state index in [2.05, 4.69) is 74.1 Å². The molecule has 8 amide bonds. The summed E-state index contributed by atoms with van der Waals surface area (Å²) in [5.74, 6) is -6.02. The summed E-state index contributed by atoms with van der Waals surface area (Å²) >= 11 is 0. The Morgan fingerprint density at radius 1 is 0.396 bits per heavy atom. The van der Waals surface area contributed by atoms with Gasteiger partial charge < -0.3 is 98.0 Å². The normalized spacial score (nSPS) is 13.4. The molecule has 6 aromatic rings. The summed E-state index contributed by atoms with van der Waals surface area (Å²) in [5.41, 5.74) is 50.1. The number of nitrogens with one attached hydrogen (secondary N) is 10. The molecular weight excluding hydrogens is 1230 g/mol. The number of aromatic nitrogens is 3. The van der Waals surface area contributed by atoms with Crippen molar-refractivity contribution in [1.29, 1.82) is 0 Å². The van der Waals surface area contributed by atoms with Gasteiger partial charge in [-0.05, 0) is 99.1 Å². The van der Waals surface area contributed by atoms with Gasteiger partial charge in [-0.1, -0.05) is 100 Å². The van der Waals surface area contributed by atoms with Crippen LogP contribution in [-0.4, -0.2) is 149 Å². The molecule has 26 N–H and O–H groups in total. The second-order valence-electron chi connectivity index (χ2n) is 24.1. The van der Waals surface area contributed by atoms with E-state index in [4.69, 9.17) is 45.9 Å². The van der Waals surface area contributed by atoms with Crippen LogP contribution in [0, 0.1) is 0 Å². The second-order valence-corrected chi connectivity index (χ2v) is 24.1. The van der Waals surface area contributed by atoms with Crippen LogP contribution in [0.15, 0.2) is 106 Å². The number of aromatic amines is 3. The molecule has 0 fully saturated rings. The molecule has 3 aromatic heterocycles. The summed E-state index contributed by atoms with van der Waals surface area (Å²) in [6.07, 6.45) is 14.6. The van der Waals surface area contributed by atoms with Crippen LogP contribution >= 0.6 is 0 Å². The van der Waals surface area contributed by atoms with Crippen molar-refractivity contribution >= 4 is 97.8 Å². The minimum absolute atomic E-state index is 0.0360. The number of nitrogens with zero attached hydrogens (tertiary/aromatic N) is 3.